The second kappa shape index (κ2) is 8.37. The molecule has 1 aliphatic heterocycles. The van der Waals surface area contributed by atoms with Crippen LogP contribution in [-0.4, -0.2) is 12.8 Å². The van der Waals surface area contributed by atoms with Crippen molar-refractivity contribution in [2.24, 2.45) is 27.1 Å². The quantitative estimate of drug-likeness (QED) is 0.237. The molecule has 1 atom stereocenters. The number of hydrogen-bond donors (Lipinski definition) is 0. The molecule has 174 valence electrons. The first-order chi connectivity index (χ1) is 12.4. The van der Waals surface area contributed by atoms with Crippen molar-refractivity contribution in [1.29, 1.82) is 0 Å². The van der Waals surface area contributed by atoms with E-state index in [1.807, 2.05) is 0 Å². The Morgan fingerprint density at radius 3 is 1.07 bits per heavy atom. The van der Waals surface area contributed by atoms with E-state index in [2.05, 4.69) is 4.52 Å². The van der Waals surface area contributed by atoms with Crippen LogP contribution in [0, 0.1) is 0 Å². The highest BCUT2D eigenvalue weighted by Crippen LogP contribution is 2.83. The van der Waals surface area contributed by atoms with Gasteiger partial charge in [0.1, 0.15) is 0 Å². The Bertz CT molecular complexity index is 975. The van der Waals surface area contributed by atoms with Gasteiger partial charge in [-0.1, -0.05) is 0 Å². The number of halogens is 14. The second-order valence-electron chi connectivity index (χ2n) is 4.18. The normalized spacial score (nSPS) is 30.4. The minimum Gasteiger partial charge on any atom is -0.294 e. The zero-order valence-electron chi connectivity index (χ0n) is 12.3. The van der Waals surface area contributed by atoms with Gasteiger partial charge in [-0.05, 0) is 0 Å². The summed E-state index contributed by atoms with van der Waals surface area (Å²) in [7, 11) is -43.3. The summed E-state index contributed by atoms with van der Waals surface area (Å²) >= 11 is 0. The summed E-state index contributed by atoms with van der Waals surface area (Å²) in [4.78, 5) is 0. The Morgan fingerprint density at radius 1 is 0.483 bits per heavy atom. The zero-order chi connectivity index (χ0) is 23.2. The third-order valence-electron chi connectivity index (χ3n) is 1.69. The molecule has 29 heavy (non-hydrogen) atoms. The van der Waals surface area contributed by atoms with Gasteiger partial charge in [0.2, 0.25) is 0 Å². The van der Waals surface area contributed by atoms with Crippen molar-refractivity contribution in [2.75, 3.05) is 6.61 Å². The van der Waals surface area contributed by atoms with Gasteiger partial charge in [-0.3, -0.25) is 4.52 Å². The fraction of sp³-hybridized carbons (Fsp3) is 1.00. The van der Waals surface area contributed by atoms with Gasteiger partial charge in [0.15, 0.2) is 6.61 Å². The zero-order valence-corrected chi connectivity index (χ0v) is 17.6. The molecule has 0 N–H and O–H groups in total. The number of nitrogens with zero attached hydrogens (tertiary/aromatic N) is 6. The lowest BCUT2D eigenvalue weighted by atomic mass is 10.7. The molecule has 0 aromatic heterocycles. The smallest absolute Gasteiger partial charge is 0.294 e. The molecule has 1 aliphatic rings. The highest BCUT2D eigenvalue weighted by atomic mass is 31.3. The number of rotatable bonds is 2. The average molecular weight is 578 g/mol. The van der Waals surface area contributed by atoms with Crippen molar-refractivity contribution in [3.8, 4) is 0 Å². The van der Waals surface area contributed by atoms with Crippen LogP contribution in [0.5, 0.6) is 0 Å². The summed E-state index contributed by atoms with van der Waals surface area (Å²) < 4.78 is 193. The lowest BCUT2D eigenvalue weighted by molar-refractivity contribution is -0.153. The molecular formula is C2H2F14N6OP6. The van der Waals surface area contributed by atoms with Gasteiger partial charge in [0.25, 0.3) is 0 Å². The summed E-state index contributed by atoms with van der Waals surface area (Å²) in [5.41, 5.74) is 0. The lowest BCUT2D eigenvalue weighted by Crippen LogP contribution is -2.15. The van der Waals surface area contributed by atoms with Gasteiger partial charge in [0.05, 0.1) is 0 Å². The molecule has 1 heterocycles. The maximum Gasteiger partial charge on any atom is 0.425 e. The van der Waals surface area contributed by atoms with Crippen LogP contribution in [0.3, 0.4) is 0 Å². The van der Waals surface area contributed by atoms with Crippen molar-refractivity contribution in [3.05, 3.63) is 0 Å². The van der Waals surface area contributed by atoms with Gasteiger partial charge in [-0.2, -0.15) is 17.4 Å². The molecule has 1 rings (SSSR count). The van der Waals surface area contributed by atoms with Crippen molar-refractivity contribution < 1.29 is 63.9 Å². The fourth-order valence-corrected chi connectivity index (χ4v) is 10.9. The Balaban J connectivity index is 4.03. The van der Waals surface area contributed by atoms with Gasteiger partial charge in [0, 0.05) is 0 Å². The average Bonchev–Trinajstić information content (AvgIpc) is 2.25. The molecule has 0 aliphatic carbocycles. The lowest BCUT2D eigenvalue weighted by Gasteiger charge is -2.15. The molecule has 1 unspecified atom stereocenters. The predicted octanol–water partition coefficient (Wildman–Crippen LogP) is 11.9. The minimum atomic E-state index is -7.31. The maximum absolute atomic E-state index is 14.1. The maximum atomic E-state index is 14.1. The van der Waals surface area contributed by atoms with Crippen LogP contribution >= 0.6 is 46.9 Å². The molecule has 0 saturated carbocycles. The third kappa shape index (κ3) is 10.5. The molecule has 0 amide bonds. The molecule has 7 nitrogen and oxygen atoms in total. The van der Waals surface area contributed by atoms with Crippen LogP contribution in [0.2, 0.25) is 0 Å². The molecule has 27 heteroatoms. The van der Waals surface area contributed by atoms with Crippen LogP contribution in [0.4, 0.5) is 59.3 Å². The van der Waals surface area contributed by atoms with Crippen LogP contribution < -0.4 is 0 Å². The molecule has 0 bridgehead atoms. The Labute approximate surface area is 151 Å². The minimum absolute atomic E-state index is 1.05. The highest BCUT2D eigenvalue weighted by Gasteiger charge is 2.42. The van der Waals surface area contributed by atoms with Crippen molar-refractivity contribution in [2.45, 2.75) is 6.18 Å². The van der Waals surface area contributed by atoms with E-state index in [-0.39, 0.29) is 0 Å². The molecular weight excluding hydrogens is 576 g/mol. The number of hydrogen-bond acceptors (Lipinski definition) is 7. The number of alkyl halides is 3. The first kappa shape index (κ1) is 27.4. The van der Waals surface area contributed by atoms with E-state index >= 15 is 0 Å². The summed E-state index contributed by atoms with van der Waals surface area (Å²) in [5.74, 6) is 0. The van der Waals surface area contributed by atoms with E-state index in [0.717, 1.165) is 18.1 Å². The molecule has 0 saturated heterocycles. The summed E-state index contributed by atoms with van der Waals surface area (Å²) in [5, 5.41) is 0. The van der Waals surface area contributed by atoms with Crippen molar-refractivity contribution in [1.82, 2.24) is 0 Å². The van der Waals surface area contributed by atoms with E-state index in [9.17, 15) is 59.3 Å². The van der Waals surface area contributed by atoms with Gasteiger partial charge in [-0.25, -0.2) is 0 Å². The van der Waals surface area contributed by atoms with E-state index in [0.29, 0.717) is 0 Å². The van der Waals surface area contributed by atoms with E-state index in [1.165, 1.54) is 9.03 Å². The Hall–Kier alpha value is 0.360. The third-order valence-corrected chi connectivity index (χ3v) is 12.5. The second-order valence-corrected chi connectivity index (χ2v) is 14.2. The van der Waals surface area contributed by atoms with Gasteiger partial charge in [-0.15, -0.1) is 69.1 Å². The highest BCUT2D eigenvalue weighted by molar-refractivity contribution is 7.78. The van der Waals surface area contributed by atoms with Gasteiger partial charge >= 0.3 is 53.1 Å². The van der Waals surface area contributed by atoms with Crippen LogP contribution in [0.15, 0.2) is 27.1 Å². The summed E-state index contributed by atoms with van der Waals surface area (Å²) in [6.07, 6.45) is -5.57. The monoisotopic (exact) mass is 578 g/mol. The van der Waals surface area contributed by atoms with Gasteiger partial charge < -0.3 is 0 Å². The molecule has 0 aromatic carbocycles. The Kier molecular flexibility index (Phi) is 7.91. The fourth-order valence-electron chi connectivity index (χ4n) is 1.10. The molecule has 0 aromatic rings. The largest absolute Gasteiger partial charge is 0.425 e. The van der Waals surface area contributed by atoms with Crippen LogP contribution in [0.1, 0.15) is 0 Å². The van der Waals surface area contributed by atoms with Crippen LogP contribution in [-0.2, 0) is 4.52 Å². The predicted molar refractivity (Wildman–Crippen MR) is 80.3 cm³/mol. The molecule has 0 radical (unpaired) electrons. The SMILES string of the molecule is FC(F)(F)COP1(F)=NP(F)(F)=NP(F)(F)=NP(F)(F)=NP(F)(F)=NP(F)(F)=N1. The van der Waals surface area contributed by atoms with E-state index < -0.39 is 59.7 Å². The van der Waals surface area contributed by atoms with E-state index in [4.69, 9.17) is 0 Å². The van der Waals surface area contributed by atoms with Crippen LogP contribution in [0.25, 0.3) is 0 Å². The topological polar surface area (TPSA) is 83.4 Å². The van der Waals surface area contributed by atoms with E-state index in [1.54, 1.807) is 0 Å². The standard InChI is InChI=1S/C2H2F14N6OP6/c3-2(4,5)1-23-29(16)21-27(12,13)19-25(8,9)17-24(6,7)18-26(10,11)20-28(14,15)22-29/h1H2. The first-order valence-corrected chi connectivity index (χ1v) is 14.5. The summed E-state index contributed by atoms with van der Waals surface area (Å²) in [6, 6.07) is 0. The molecule has 0 fully saturated rings. The van der Waals surface area contributed by atoms with Crippen molar-refractivity contribution in [3.63, 3.8) is 0 Å². The first-order valence-electron chi connectivity index (χ1n) is 5.65. The molecule has 0 spiro atoms. The Morgan fingerprint density at radius 2 is 0.759 bits per heavy atom. The summed E-state index contributed by atoms with van der Waals surface area (Å²) in [6.45, 7) is -2.92. The van der Waals surface area contributed by atoms with Crippen molar-refractivity contribution >= 4 is 46.9 Å².